The highest BCUT2D eigenvalue weighted by Crippen LogP contribution is 2.14. The molecule has 2 rings (SSSR count). The zero-order chi connectivity index (χ0) is 15.4. The van der Waals surface area contributed by atoms with Crippen LogP contribution in [0.1, 0.15) is 15.9 Å². The Labute approximate surface area is 123 Å². The van der Waals surface area contributed by atoms with Gasteiger partial charge in [-0.05, 0) is 19.1 Å². The van der Waals surface area contributed by atoms with Gasteiger partial charge in [-0.3, -0.25) is 14.5 Å². The topological polar surface area (TPSA) is 49.9 Å². The molecule has 0 radical (unpaired) electrons. The maximum Gasteiger partial charge on any atom is 0.319 e. The molecular weight excluding hydrogens is 275 g/mol. The van der Waals surface area contributed by atoms with Gasteiger partial charge in [-0.1, -0.05) is 11.6 Å². The minimum Gasteiger partial charge on any atom is -0.468 e. The summed E-state index contributed by atoms with van der Waals surface area (Å²) >= 11 is 0. The lowest BCUT2D eigenvalue weighted by atomic mass is 10.1. The Hall–Kier alpha value is -1.95. The van der Waals surface area contributed by atoms with Crippen LogP contribution in [0.25, 0.3) is 0 Å². The molecule has 1 aromatic rings. The van der Waals surface area contributed by atoms with Crippen LogP contribution in [-0.2, 0) is 9.53 Å². The number of amides is 1. The molecule has 0 unspecified atom stereocenters. The number of methoxy groups -OCH3 is 1. The van der Waals surface area contributed by atoms with Crippen LogP contribution < -0.4 is 0 Å². The minimum atomic E-state index is -0.498. The third kappa shape index (κ3) is 3.78. The van der Waals surface area contributed by atoms with Crippen molar-refractivity contribution in [3.8, 4) is 0 Å². The van der Waals surface area contributed by atoms with E-state index in [9.17, 15) is 14.0 Å². The van der Waals surface area contributed by atoms with E-state index in [0.29, 0.717) is 26.2 Å². The number of aryl methyl sites for hydroxylation is 1. The lowest BCUT2D eigenvalue weighted by molar-refractivity contribution is -0.142. The summed E-state index contributed by atoms with van der Waals surface area (Å²) in [5.74, 6) is -1.09. The van der Waals surface area contributed by atoms with Gasteiger partial charge in [0.1, 0.15) is 5.82 Å². The average molecular weight is 294 g/mol. The highest BCUT2D eigenvalue weighted by atomic mass is 19.1. The fraction of sp³-hybridized carbons (Fsp3) is 0.467. The van der Waals surface area contributed by atoms with Crippen molar-refractivity contribution in [1.29, 1.82) is 0 Å². The molecule has 1 saturated heterocycles. The quantitative estimate of drug-likeness (QED) is 0.782. The standard InChI is InChI=1S/C15H19FN2O3/c1-11-3-4-13(16)12(9-11)15(20)18-7-5-17(6-8-18)10-14(19)21-2/h3-4,9H,5-8,10H2,1-2H3. The molecule has 6 heteroatoms. The van der Waals surface area contributed by atoms with E-state index >= 15 is 0 Å². The fourth-order valence-corrected chi connectivity index (χ4v) is 2.33. The number of esters is 1. The highest BCUT2D eigenvalue weighted by molar-refractivity contribution is 5.94. The second-order valence-corrected chi connectivity index (χ2v) is 5.13. The van der Waals surface area contributed by atoms with E-state index in [4.69, 9.17) is 0 Å². The minimum absolute atomic E-state index is 0.108. The molecule has 1 aliphatic heterocycles. The van der Waals surface area contributed by atoms with Crippen LogP contribution in [0, 0.1) is 12.7 Å². The van der Waals surface area contributed by atoms with E-state index in [0.717, 1.165) is 5.56 Å². The number of benzene rings is 1. The van der Waals surface area contributed by atoms with Crippen molar-refractivity contribution in [2.45, 2.75) is 6.92 Å². The molecular formula is C15H19FN2O3. The van der Waals surface area contributed by atoms with Crippen LogP contribution in [0.3, 0.4) is 0 Å². The van der Waals surface area contributed by atoms with E-state index in [1.54, 1.807) is 17.0 Å². The van der Waals surface area contributed by atoms with Crippen molar-refractivity contribution in [2.75, 3.05) is 39.8 Å². The van der Waals surface area contributed by atoms with Gasteiger partial charge < -0.3 is 9.64 Å². The number of nitrogens with zero attached hydrogens (tertiary/aromatic N) is 2. The lowest BCUT2D eigenvalue weighted by Gasteiger charge is -2.34. The first kappa shape index (κ1) is 15.4. The van der Waals surface area contributed by atoms with E-state index in [2.05, 4.69) is 4.74 Å². The van der Waals surface area contributed by atoms with E-state index in [1.165, 1.54) is 13.2 Å². The zero-order valence-corrected chi connectivity index (χ0v) is 12.3. The Morgan fingerprint density at radius 3 is 2.52 bits per heavy atom. The van der Waals surface area contributed by atoms with Crippen molar-refractivity contribution in [3.63, 3.8) is 0 Å². The van der Waals surface area contributed by atoms with Crippen LogP contribution in [-0.4, -0.2) is 61.5 Å². The Morgan fingerprint density at radius 1 is 1.24 bits per heavy atom. The Kier molecular flexibility index (Phi) is 4.90. The number of carbonyl (C=O) groups is 2. The van der Waals surface area contributed by atoms with Crippen molar-refractivity contribution >= 4 is 11.9 Å². The summed E-state index contributed by atoms with van der Waals surface area (Å²) in [6.07, 6.45) is 0. The Bertz CT molecular complexity index is 540. The van der Waals surface area contributed by atoms with Crippen molar-refractivity contribution in [3.05, 3.63) is 35.1 Å². The molecule has 0 saturated carbocycles. The fourth-order valence-electron chi connectivity index (χ4n) is 2.33. The van der Waals surface area contributed by atoms with E-state index < -0.39 is 5.82 Å². The van der Waals surface area contributed by atoms with Gasteiger partial charge in [-0.15, -0.1) is 0 Å². The molecule has 0 aromatic heterocycles. The lowest BCUT2D eigenvalue weighted by Crippen LogP contribution is -2.50. The van der Waals surface area contributed by atoms with Gasteiger partial charge in [0, 0.05) is 26.2 Å². The van der Waals surface area contributed by atoms with Crippen molar-refractivity contribution in [2.24, 2.45) is 0 Å². The summed E-state index contributed by atoms with van der Waals surface area (Å²) in [7, 11) is 1.35. The maximum absolute atomic E-state index is 13.8. The highest BCUT2D eigenvalue weighted by Gasteiger charge is 2.25. The molecule has 5 nitrogen and oxygen atoms in total. The summed E-state index contributed by atoms with van der Waals surface area (Å²) in [4.78, 5) is 27.1. The van der Waals surface area contributed by atoms with Crippen LogP contribution in [0.4, 0.5) is 4.39 Å². The summed E-state index contributed by atoms with van der Waals surface area (Å²) < 4.78 is 18.4. The second kappa shape index (κ2) is 6.67. The van der Waals surface area contributed by atoms with Crippen LogP contribution in [0.5, 0.6) is 0 Å². The van der Waals surface area contributed by atoms with Gasteiger partial charge in [0.25, 0.3) is 5.91 Å². The molecule has 1 aromatic carbocycles. The molecule has 0 spiro atoms. The molecule has 0 atom stereocenters. The first-order chi connectivity index (χ1) is 10.0. The zero-order valence-electron chi connectivity index (χ0n) is 12.3. The first-order valence-corrected chi connectivity index (χ1v) is 6.86. The van der Waals surface area contributed by atoms with Crippen LogP contribution >= 0.6 is 0 Å². The summed E-state index contributed by atoms with van der Waals surface area (Å²) in [6, 6.07) is 4.52. The summed E-state index contributed by atoms with van der Waals surface area (Å²) in [5, 5.41) is 0. The number of rotatable bonds is 3. The van der Waals surface area contributed by atoms with Crippen LogP contribution in [0.2, 0.25) is 0 Å². The van der Waals surface area contributed by atoms with Gasteiger partial charge in [0.15, 0.2) is 0 Å². The van der Waals surface area contributed by atoms with Crippen LogP contribution in [0.15, 0.2) is 18.2 Å². The maximum atomic E-state index is 13.8. The molecule has 1 fully saturated rings. The summed E-state index contributed by atoms with van der Waals surface area (Å²) in [6.45, 7) is 4.15. The van der Waals surface area contributed by atoms with Crippen molar-refractivity contribution in [1.82, 2.24) is 9.80 Å². The molecule has 0 N–H and O–H groups in total. The number of piperazine rings is 1. The number of carbonyl (C=O) groups excluding carboxylic acids is 2. The Morgan fingerprint density at radius 2 is 1.90 bits per heavy atom. The monoisotopic (exact) mass is 294 g/mol. The molecule has 1 amide bonds. The summed E-state index contributed by atoms with van der Waals surface area (Å²) in [5.41, 5.74) is 0.959. The molecule has 1 aliphatic rings. The second-order valence-electron chi connectivity index (χ2n) is 5.13. The number of halogens is 1. The molecule has 0 bridgehead atoms. The smallest absolute Gasteiger partial charge is 0.319 e. The average Bonchev–Trinajstić information content (AvgIpc) is 2.49. The normalized spacial score (nSPS) is 15.9. The number of hydrogen-bond donors (Lipinski definition) is 0. The molecule has 21 heavy (non-hydrogen) atoms. The SMILES string of the molecule is COC(=O)CN1CCN(C(=O)c2cc(C)ccc2F)CC1. The van der Waals surface area contributed by atoms with Gasteiger partial charge in [-0.2, -0.15) is 0 Å². The van der Waals surface area contributed by atoms with Gasteiger partial charge in [-0.25, -0.2) is 4.39 Å². The number of hydrogen-bond acceptors (Lipinski definition) is 4. The van der Waals surface area contributed by atoms with Crippen molar-refractivity contribution < 1.29 is 18.7 Å². The number of ether oxygens (including phenoxy) is 1. The molecule has 0 aliphatic carbocycles. The van der Waals surface area contributed by atoms with Gasteiger partial charge >= 0.3 is 5.97 Å². The van der Waals surface area contributed by atoms with Gasteiger partial charge in [0.2, 0.25) is 0 Å². The predicted molar refractivity (Wildman–Crippen MR) is 75.5 cm³/mol. The predicted octanol–water partition coefficient (Wildman–Crippen LogP) is 1.06. The largest absolute Gasteiger partial charge is 0.468 e. The molecule has 1 heterocycles. The van der Waals surface area contributed by atoms with E-state index in [1.807, 2.05) is 11.8 Å². The first-order valence-electron chi connectivity index (χ1n) is 6.86. The Balaban J connectivity index is 1.97. The van der Waals surface area contributed by atoms with Gasteiger partial charge in [0.05, 0.1) is 19.2 Å². The third-order valence-electron chi connectivity index (χ3n) is 3.59. The van der Waals surface area contributed by atoms with E-state index in [-0.39, 0.29) is 24.0 Å². The molecule has 114 valence electrons. The third-order valence-corrected chi connectivity index (χ3v) is 3.59.